The third kappa shape index (κ3) is 2.39. The van der Waals surface area contributed by atoms with Crippen LogP contribution in [0, 0.1) is 0 Å². The second-order valence-electron chi connectivity index (χ2n) is 6.23. The first-order chi connectivity index (χ1) is 9.39. The molecule has 2 saturated heterocycles. The van der Waals surface area contributed by atoms with Gasteiger partial charge in [0.2, 0.25) is 0 Å². The molecule has 1 aromatic heterocycles. The number of hydrogen-bond acceptors (Lipinski definition) is 5. The van der Waals surface area contributed by atoms with Crippen LogP contribution in [0.15, 0.2) is 12.5 Å². The van der Waals surface area contributed by atoms with Crippen molar-refractivity contribution in [2.75, 3.05) is 19.8 Å². The van der Waals surface area contributed by atoms with Crippen molar-refractivity contribution >= 4 is 12.7 Å². The van der Waals surface area contributed by atoms with E-state index in [0.29, 0.717) is 19.8 Å². The number of nitrogens with zero attached hydrogens (tertiary/aromatic N) is 2. The molecule has 3 heterocycles. The SMILES string of the molecule is CC1(C)OB(c2cn(C3COCCO3)cn2)OC1(C)C. The average molecular weight is 280 g/mol. The molecule has 0 radical (unpaired) electrons. The van der Waals surface area contributed by atoms with Gasteiger partial charge in [-0.05, 0) is 27.7 Å². The Labute approximate surface area is 119 Å². The van der Waals surface area contributed by atoms with Gasteiger partial charge < -0.3 is 23.3 Å². The smallest absolute Gasteiger partial charge is 0.398 e. The molecule has 2 fully saturated rings. The van der Waals surface area contributed by atoms with Crippen LogP contribution in [0.2, 0.25) is 0 Å². The van der Waals surface area contributed by atoms with Crippen LogP contribution in [0.25, 0.3) is 0 Å². The Morgan fingerprint density at radius 2 is 1.90 bits per heavy atom. The van der Waals surface area contributed by atoms with E-state index in [1.807, 2.05) is 38.5 Å². The quantitative estimate of drug-likeness (QED) is 0.747. The van der Waals surface area contributed by atoms with E-state index in [9.17, 15) is 0 Å². The Kier molecular flexibility index (Phi) is 3.40. The molecule has 2 aliphatic rings. The van der Waals surface area contributed by atoms with Gasteiger partial charge in [0, 0.05) is 6.20 Å². The van der Waals surface area contributed by atoms with Gasteiger partial charge in [-0.15, -0.1) is 0 Å². The first kappa shape index (κ1) is 14.1. The molecule has 0 aromatic carbocycles. The monoisotopic (exact) mass is 280 g/mol. The lowest BCUT2D eigenvalue weighted by Crippen LogP contribution is -2.41. The molecule has 1 unspecified atom stereocenters. The van der Waals surface area contributed by atoms with E-state index in [-0.39, 0.29) is 17.4 Å². The van der Waals surface area contributed by atoms with Crippen LogP contribution in [0.1, 0.15) is 33.9 Å². The summed E-state index contributed by atoms with van der Waals surface area (Å²) in [5.74, 6) is 0. The predicted molar refractivity (Wildman–Crippen MR) is 73.8 cm³/mol. The number of imidazole rings is 1. The lowest BCUT2D eigenvalue weighted by Gasteiger charge is -2.32. The maximum atomic E-state index is 5.98. The molecule has 0 bridgehead atoms. The zero-order valence-corrected chi connectivity index (χ0v) is 12.5. The third-order valence-electron chi connectivity index (χ3n) is 4.25. The van der Waals surface area contributed by atoms with Crippen LogP contribution >= 0.6 is 0 Å². The standard InChI is InChI=1S/C13H21BN2O4/c1-12(2)13(3,4)20-14(19-12)10-7-16(9-15-10)11-8-17-5-6-18-11/h7,9,11H,5-6,8H2,1-4H3. The summed E-state index contributed by atoms with van der Waals surface area (Å²) < 4.78 is 24.9. The normalized spacial score (nSPS) is 28.8. The highest BCUT2D eigenvalue weighted by atomic mass is 16.7. The highest BCUT2D eigenvalue weighted by Gasteiger charge is 2.52. The van der Waals surface area contributed by atoms with Gasteiger partial charge in [0.1, 0.15) is 0 Å². The van der Waals surface area contributed by atoms with Crippen molar-refractivity contribution in [3.8, 4) is 0 Å². The number of hydrogen-bond donors (Lipinski definition) is 0. The topological polar surface area (TPSA) is 54.7 Å². The first-order valence-corrected chi connectivity index (χ1v) is 6.97. The summed E-state index contributed by atoms with van der Waals surface area (Å²) in [6, 6.07) is 0. The lowest BCUT2D eigenvalue weighted by atomic mass is 9.86. The number of ether oxygens (including phenoxy) is 2. The fraction of sp³-hybridized carbons (Fsp3) is 0.769. The molecule has 1 atom stereocenters. The highest BCUT2D eigenvalue weighted by molar-refractivity contribution is 6.61. The van der Waals surface area contributed by atoms with Crippen LogP contribution < -0.4 is 5.59 Å². The minimum atomic E-state index is -0.439. The van der Waals surface area contributed by atoms with Gasteiger partial charge in [-0.1, -0.05) is 0 Å². The van der Waals surface area contributed by atoms with Gasteiger partial charge in [-0.25, -0.2) is 4.98 Å². The fourth-order valence-electron chi connectivity index (χ4n) is 2.24. The maximum absolute atomic E-state index is 5.98. The molecular weight excluding hydrogens is 259 g/mol. The van der Waals surface area contributed by atoms with Crippen molar-refractivity contribution in [3.05, 3.63) is 12.5 Å². The zero-order valence-electron chi connectivity index (χ0n) is 12.5. The Morgan fingerprint density at radius 3 is 2.50 bits per heavy atom. The summed E-state index contributed by atoms with van der Waals surface area (Å²) in [5.41, 5.74) is 0.0514. The van der Waals surface area contributed by atoms with Crippen molar-refractivity contribution in [2.45, 2.75) is 45.1 Å². The molecular formula is C13H21BN2O4. The molecule has 3 rings (SSSR count). The summed E-state index contributed by atoms with van der Waals surface area (Å²) in [6.07, 6.45) is 3.52. The van der Waals surface area contributed by atoms with Crippen LogP contribution in [0.4, 0.5) is 0 Å². The minimum absolute atomic E-state index is 0.118. The fourth-order valence-corrected chi connectivity index (χ4v) is 2.24. The van der Waals surface area contributed by atoms with Crippen molar-refractivity contribution in [1.29, 1.82) is 0 Å². The van der Waals surface area contributed by atoms with Gasteiger partial charge in [0.05, 0.1) is 42.9 Å². The molecule has 110 valence electrons. The van der Waals surface area contributed by atoms with Gasteiger partial charge >= 0.3 is 7.12 Å². The summed E-state index contributed by atoms with van der Waals surface area (Å²) >= 11 is 0. The third-order valence-corrected chi connectivity index (χ3v) is 4.25. The van der Waals surface area contributed by atoms with E-state index in [2.05, 4.69) is 4.98 Å². The van der Waals surface area contributed by atoms with Crippen LogP contribution in [0.5, 0.6) is 0 Å². The second-order valence-corrected chi connectivity index (χ2v) is 6.23. The minimum Gasteiger partial charge on any atom is -0.398 e. The molecule has 1 aromatic rings. The van der Waals surface area contributed by atoms with E-state index in [1.54, 1.807) is 6.33 Å². The molecule has 6 nitrogen and oxygen atoms in total. The lowest BCUT2D eigenvalue weighted by molar-refractivity contribution is -0.122. The number of aromatic nitrogens is 2. The Hall–Kier alpha value is -0.885. The maximum Gasteiger partial charge on any atom is 0.516 e. The van der Waals surface area contributed by atoms with E-state index in [4.69, 9.17) is 18.8 Å². The molecule has 0 spiro atoms. The largest absolute Gasteiger partial charge is 0.516 e. The van der Waals surface area contributed by atoms with Gasteiger partial charge in [-0.2, -0.15) is 0 Å². The predicted octanol–water partition coefficient (Wildman–Crippen LogP) is 0.728. The first-order valence-electron chi connectivity index (χ1n) is 6.97. The average Bonchev–Trinajstić information content (AvgIpc) is 2.94. The summed E-state index contributed by atoms with van der Waals surface area (Å²) in [7, 11) is -0.439. The van der Waals surface area contributed by atoms with E-state index in [0.717, 1.165) is 5.59 Å². The van der Waals surface area contributed by atoms with E-state index >= 15 is 0 Å². The Balaban J connectivity index is 1.74. The van der Waals surface area contributed by atoms with Crippen molar-refractivity contribution in [2.24, 2.45) is 0 Å². The summed E-state index contributed by atoms with van der Waals surface area (Å²) in [5, 5.41) is 0. The van der Waals surface area contributed by atoms with Crippen LogP contribution in [-0.4, -0.2) is 47.7 Å². The molecule has 0 aliphatic carbocycles. The number of rotatable bonds is 2. The molecule has 0 N–H and O–H groups in total. The van der Waals surface area contributed by atoms with Gasteiger partial charge in [0.15, 0.2) is 6.23 Å². The zero-order chi connectivity index (χ0) is 14.4. The van der Waals surface area contributed by atoms with E-state index < -0.39 is 7.12 Å². The second kappa shape index (κ2) is 4.84. The highest BCUT2D eigenvalue weighted by Crippen LogP contribution is 2.36. The van der Waals surface area contributed by atoms with Gasteiger partial charge in [0.25, 0.3) is 0 Å². The van der Waals surface area contributed by atoms with Crippen LogP contribution in [0.3, 0.4) is 0 Å². The molecule has 0 amide bonds. The van der Waals surface area contributed by atoms with E-state index in [1.165, 1.54) is 0 Å². The van der Waals surface area contributed by atoms with Crippen molar-refractivity contribution in [1.82, 2.24) is 9.55 Å². The molecule has 7 heteroatoms. The summed E-state index contributed by atoms with van der Waals surface area (Å²) in [4.78, 5) is 4.38. The summed E-state index contributed by atoms with van der Waals surface area (Å²) in [6.45, 7) is 9.91. The molecule has 20 heavy (non-hydrogen) atoms. The molecule has 2 aliphatic heterocycles. The Morgan fingerprint density at radius 1 is 1.20 bits per heavy atom. The van der Waals surface area contributed by atoms with Crippen LogP contribution in [-0.2, 0) is 18.8 Å². The van der Waals surface area contributed by atoms with Crippen molar-refractivity contribution in [3.63, 3.8) is 0 Å². The Bertz CT molecular complexity index is 466. The van der Waals surface area contributed by atoms with Crippen molar-refractivity contribution < 1.29 is 18.8 Å². The molecule has 0 saturated carbocycles. The van der Waals surface area contributed by atoms with Gasteiger partial charge in [-0.3, -0.25) is 0 Å².